The third kappa shape index (κ3) is 3.70. The molecule has 18 heavy (non-hydrogen) atoms. The van der Waals surface area contributed by atoms with Crippen LogP contribution in [0.4, 0.5) is 0 Å². The highest BCUT2D eigenvalue weighted by Gasteiger charge is 2.40. The summed E-state index contributed by atoms with van der Waals surface area (Å²) in [6.07, 6.45) is 0.635. The smallest absolute Gasteiger partial charge is 0.153 e. The van der Waals surface area contributed by atoms with E-state index in [1.165, 1.54) is 0 Å². The Morgan fingerprint density at radius 1 is 1.44 bits per heavy atom. The lowest BCUT2D eigenvalue weighted by Gasteiger charge is -2.20. The molecule has 0 bridgehead atoms. The Labute approximate surface area is 115 Å². The van der Waals surface area contributed by atoms with Gasteiger partial charge in [0.25, 0.3) is 0 Å². The van der Waals surface area contributed by atoms with Crippen molar-refractivity contribution in [3.63, 3.8) is 0 Å². The molecule has 0 aliphatic carbocycles. The van der Waals surface area contributed by atoms with E-state index in [1.54, 1.807) is 0 Å². The van der Waals surface area contributed by atoms with Gasteiger partial charge in [0, 0.05) is 10.9 Å². The number of ether oxygens (including phenoxy) is 1. The minimum Gasteiger partial charge on any atom is -0.493 e. The minimum absolute atomic E-state index is 0.0698. The molecule has 1 N–H and O–H groups in total. The monoisotopic (exact) mass is 334 g/mol. The zero-order chi connectivity index (χ0) is 13.2. The first-order chi connectivity index (χ1) is 8.39. The molecule has 2 rings (SSSR count). The first-order valence-electron chi connectivity index (χ1n) is 5.70. The molecule has 1 unspecified atom stereocenters. The topological polar surface area (TPSA) is 63.6 Å². The van der Waals surface area contributed by atoms with E-state index in [4.69, 9.17) is 4.74 Å². The first-order valence-corrected chi connectivity index (χ1v) is 8.31. The van der Waals surface area contributed by atoms with Crippen LogP contribution in [0.1, 0.15) is 12.8 Å². The predicted octanol–water partition coefficient (Wildman–Crippen LogP) is 1.77. The van der Waals surface area contributed by atoms with E-state index in [2.05, 4.69) is 15.9 Å². The molecule has 1 aliphatic heterocycles. The lowest BCUT2D eigenvalue weighted by molar-refractivity contribution is 0.0439. The Balaban J connectivity index is 1.86. The van der Waals surface area contributed by atoms with E-state index >= 15 is 0 Å². The first kappa shape index (κ1) is 13.8. The average Bonchev–Trinajstić information content (AvgIpc) is 2.53. The van der Waals surface area contributed by atoms with E-state index < -0.39 is 15.4 Å². The lowest BCUT2D eigenvalue weighted by atomic mass is 10.0. The molecule has 0 radical (unpaired) electrons. The van der Waals surface area contributed by atoms with Gasteiger partial charge in [-0.2, -0.15) is 0 Å². The minimum atomic E-state index is -3.07. The van der Waals surface area contributed by atoms with Crippen molar-refractivity contribution >= 4 is 25.8 Å². The maximum absolute atomic E-state index is 11.3. The molecule has 0 saturated carbocycles. The second-order valence-electron chi connectivity index (χ2n) is 4.62. The summed E-state index contributed by atoms with van der Waals surface area (Å²) in [7, 11) is -3.07. The number of hydrogen-bond acceptors (Lipinski definition) is 4. The van der Waals surface area contributed by atoms with Gasteiger partial charge in [0.1, 0.15) is 5.75 Å². The van der Waals surface area contributed by atoms with Crippen LogP contribution in [0.15, 0.2) is 28.7 Å². The van der Waals surface area contributed by atoms with Crippen molar-refractivity contribution in [1.82, 2.24) is 0 Å². The van der Waals surface area contributed by atoms with E-state index in [0.717, 1.165) is 4.47 Å². The summed E-state index contributed by atoms with van der Waals surface area (Å²) in [6.45, 7) is 0.308. The van der Waals surface area contributed by atoms with Gasteiger partial charge in [-0.05, 0) is 24.6 Å². The van der Waals surface area contributed by atoms with Gasteiger partial charge in [-0.3, -0.25) is 0 Å². The maximum atomic E-state index is 11.3. The van der Waals surface area contributed by atoms with Crippen molar-refractivity contribution in [2.45, 2.75) is 18.4 Å². The Bertz CT molecular complexity index is 529. The summed E-state index contributed by atoms with van der Waals surface area (Å²) in [5, 5.41) is 10.1. The zero-order valence-electron chi connectivity index (χ0n) is 9.80. The molecule has 6 heteroatoms. The van der Waals surface area contributed by atoms with Gasteiger partial charge in [-0.25, -0.2) is 8.42 Å². The fourth-order valence-electron chi connectivity index (χ4n) is 2.01. The van der Waals surface area contributed by atoms with Crippen molar-refractivity contribution in [3.05, 3.63) is 28.7 Å². The number of benzene rings is 1. The van der Waals surface area contributed by atoms with Crippen LogP contribution in [0.3, 0.4) is 0 Å². The highest BCUT2D eigenvalue weighted by atomic mass is 79.9. The van der Waals surface area contributed by atoms with E-state index in [9.17, 15) is 13.5 Å². The van der Waals surface area contributed by atoms with Crippen molar-refractivity contribution < 1.29 is 18.3 Å². The van der Waals surface area contributed by atoms with Crippen LogP contribution in [0.5, 0.6) is 5.75 Å². The fraction of sp³-hybridized carbons (Fsp3) is 0.500. The quantitative estimate of drug-likeness (QED) is 0.911. The van der Waals surface area contributed by atoms with Gasteiger partial charge in [-0.15, -0.1) is 0 Å². The van der Waals surface area contributed by atoms with Gasteiger partial charge in [0.05, 0.1) is 23.7 Å². The molecule has 0 amide bonds. The molecule has 1 saturated heterocycles. The van der Waals surface area contributed by atoms with Gasteiger partial charge < -0.3 is 9.84 Å². The van der Waals surface area contributed by atoms with Crippen molar-refractivity contribution in [2.24, 2.45) is 0 Å². The summed E-state index contributed by atoms with van der Waals surface area (Å²) >= 11 is 3.34. The number of hydrogen-bond donors (Lipinski definition) is 1. The van der Waals surface area contributed by atoms with Crippen LogP contribution in [0.2, 0.25) is 0 Å². The Hall–Kier alpha value is -0.590. The van der Waals surface area contributed by atoms with Crippen molar-refractivity contribution in [2.75, 3.05) is 18.1 Å². The molecular formula is C12H15BrO4S. The van der Waals surface area contributed by atoms with Crippen LogP contribution in [0.25, 0.3) is 0 Å². The van der Waals surface area contributed by atoms with Gasteiger partial charge >= 0.3 is 0 Å². The Kier molecular flexibility index (Phi) is 3.99. The lowest BCUT2D eigenvalue weighted by Crippen LogP contribution is -2.32. The van der Waals surface area contributed by atoms with Crippen LogP contribution in [-0.4, -0.2) is 37.2 Å². The highest BCUT2D eigenvalue weighted by Crippen LogP contribution is 2.27. The summed E-state index contributed by atoms with van der Waals surface area (Å²) in [6, 6.07) is 7.40. The fourth-order valence-corrected chi connectivity index (χ4v) is 4.33. The molecule has 1 fully saturated rings. The van der Waals surface area contributed by atoms with Crippen molar-refractivity contribution in [1.29, 1.82) is 0 Å². The van der Waals surface area contributed by atoms with Crippen LogP contribution in [-0.2, 0) is 9.84 Å². The third-order valence-electron chi connectivity index (χ3n) is 3.00. The molecular weight excluding hydrogens is 320 g/mol. The second kappa shape index (κ2) is 5.19. The normalized spacial score (nSPS) is 26.1. The SMILES string of the molecule is O=S1(=O)CCC(O)(CCOc2cccc(Br)c2)C1. The molecule has 100 valence electrons. The van der Waals surface area contributed by atoms with E-state index in [1.807, 2.05) is 24.3 Å². The maximum Gasteiger partial charge on any atom is 0.153 e. The number of sulfone groups is 1. The zero-order valence-corrected chi connectivity index (χ0v) is 12.2. The molecule has 1 aliphatic rings. The number of aliphatic hydroxyl groups is 1. The van der Waals surface area contributed by atoms with E-state index in [-0.39, 0.29) is 11.5 Å². The molecule has 1 aromatic rings. The largest absolute Gasteiger partial charge is 0.493 e. The molecule has 0 spiro atoms. The summed E-state index contributed by atoms with van der Waals surface area (Å²) in [5.41, 5.74) is -1.12. The number of rotatable bonds is 4. The molecule has 0 aromatic heterocycles. The average molecular weight is 335 g/mol. The third-order valence-corrected chi connectivity index (χ3v) is 5.30. The Morgan fingerprint density at radius 3 is 2.83 bits per heavy atom. The highest BCUT2D eigenvalue weighted by molar-refractivity contribution is 9.10. The van der Waals surface area contributed by atoms with Crippen LogP contribution in [0, 0.1) is 0 Å². The number of halogens is 1. The molecule has 1 aromatic carbocycles. The second-order valence-corrected chi connectivity index (χ2v) is 7.72. The predicted molar refractivity (Wildman–Crippen MR) is 72.5 cm³/mol. The van der Waals surface area contributed by atoms with Crippen LogP contribution < -0.4 is 4.74 Å². The van der Waals surface area contributed by atoms with Gasteiger partial charge in [0.2, 0.25) is 0 Å². The summed E-state index contributed by atoms with van der Waals surface area (Å²) < 4.78 is 29.0. The van der Waals surface area contributed by atoms with Gasteiger partial charge in [-0.1, -0.05) is 22.0 Å². The van der Waals surface area contributed by atoms with E-state index in [0.29, 0.717) is 25.2 Å². The van der Waals surface area contributed by atoms with Crippen LogP contribution >= 0.6 is 15.9 Å². The summed E-state index contributed by atoms with van der Waals surface area (Å²) in [4.78, 5) is 0. The van der Waals surface area contributed by atoms with Gasteiger partial charge in [0.15, 0.2) is 9.84 Å². The molecule has 4 nitrogen and oxygen atoms in total. The summed E-state index contributed by atoms with van der Waals surface area (Å²) in [5.74, 6) is 0.621. The van der Waals surface area contributed by atoms with Crippen molar-refractivity contribution in [3.8, 4) is 5.75 Å². The standard InChI is InChI=1S/C12H15BrO4S/c13-10-2-1-3-11(8-10)17-6-4-12(14)5-7-18(15,16)9-12/h1-3,8,14H,4-7,9H2. The molecule has 1 heterocycles. The Morgan fingerprint density at radius 2 is 2.22 bits per heavy atom. The molecule has 1 atom stereocenters.